The fourth-order valence-electron chi connectivity index (χ4n) is 1.46. The summed E-state index contributed by atoms with van der Waals surface area (Å²) in [5.74, 6) is 5.86. The maximum Gasteiger partial charge on any atom is 0.293 e. The lowest BCUT2D eigenvalue weighted by Crippen LogP contribution is -2.09. The number of ether oxygens (including phenoxy) is 1. The van der Waals surface area contributed by atoms with E-state index in [-0.39, 0.29) is 5.69 Å². The van der Waals surface area contributed by atoms with E-state index in [0.717, 1.165) is 12.0 Å². The highest BCUT2D eigenvalue weighted by atomic mass is 16.6. The molecule has 0 radical (unpaired) electrons. The van der Waals surface area contributed by atoms with Crippen LogP contribution in [0.5, 0.6) is 0 Å². The number of hydrogen-bond acceptors (Lipinski definition) is 5. The molecule has 0 aliphatic rings. The fourth-order valence-corrected chi connectivity index (χ4v) is 1.46. The number of hydrogen-bond donors (Lipinski definition) is 2. The van der Waals surface area contributed by atoms with Crippen molar-refractivity contribution in [1.82, 2.24) is 0 Å². The molecule has 0 atom stereocenters. The predicted octanol–water partition coefficient (Wildman–Crippen LogP) is 2.44. The zero-order valence-electron chi connectivity index (χ0n) is 10.7. The molecule has 6 nitrogen and oxygen atoms in total. The van der Waals surface area contributed by atoms with Gasteiger partial charge in [-0.1, -0.05) is 13.8 Å². The summed E-state index contributed by atoms with van der Waals surface area (Å²) in [6.45, 7) is 5.37. The van der Waals surface area contributed by atoms with E-state index in [1.165, 1.54) is 6.07 Å². The molecular formula is C12H19N3O3. The van der Waals surface area contributed by atoms with Gasteiger partial charge in [0.15, 0.2) is 0 Å². The Kier molecular flexibility index (Phi) is 5.54. The first kappa shape index (κ1) is 14.4. The summed E-state index contributed by atoms with van der Waals surface area (Å²) >= 11 is 0. The van der Waals surface area contributed by atoms with Crippen LogP contribution in [0.3, 0.4) is 0 Å². The summed E-state index contributed by atoms with van der Waals surface area (Å²) in [4.78, 5) is 10.2. The Hall–Kier alpha value is -1.66. The van der Waals surface area contributed by atoms with E-state index in [0.29, 0.717) is 24.8 Å². The van der Waals surface area contributed by atoms with Crippen LogP contribution in [-0.4, -0.2) is 11.5 Å². The SMILES string of the molecule is CC(C)CCOCc1ccc([N+](=O)[O-])c(NN)c1. The highest BCUT2D eigenvalue weighted by Gasteiger charge is 2.12. The normalized spacial score (nSPS) is 10.7. The number of hydrazine groups is 1. The standard InChI is InChI=1S/C12H19N3O3/c1-9(2)5-6-18-8-10-3-4-12(15(16)17)11(7-10)14-13/h3-4,7,9,14H,5-6,8,13H2,1-2H3. The van der Waals surface area contributed by atoms with Gasteiger partial charge in [-0.2, -0.15) is 0 Å². The maximum absolute atomic E-state index is 10.7. The molecule has 6 heteroatoms. The predicted molar refractivity (Wildman–Crippen MR) is 70.0 cm³/mol. The van der Waals surface area contributed by atoms with E-state index in [1.807, 2.05) is 0 Å². The third kappa shape index (κ3) is 4.31. The van der Waals surface area contributed by atoms with Crippen molar-refractivity contribution in [2.45, 2.75) is 26.9 Å². The minimum absolute atomic E-state index is 0.0385. The molecule has 1 aromatic carbocycles. The molecule has 0 aliphatic heterocycles. The Morgan fingerprint density at radius 3 is 2.78 bits per heavy atom. The van der Waals surface area contributed by atoms with Gasteiger partial charge in [-0.25, -0.2) is 0 Å². The van der Waals surface area contributed by atoms with Crippen molar-refractivity contribution >= 4 is 11.4 Å². The van der Waals surface area contributed by atoms with Crippen molar-refractivity contribution in [2.75, 3.05) is 12.0 Å². The average Bonchev–Trinajstić information content (AvgIpc) is 2.33. The van der Waals surface area contributed by atoms with E-state index < -0.39 is 4.92 Å². The quantitative estimate of drug-likeness (QED) is 0.337. The molecule has 0 amide bonds. The molecule has 0 unspecified atom stereocenters. The molecule has 3 N–H and O–H groups in total. The second-order valence-corrected chi connectivity index (χ2v) is 4.49. The van der Waals surface area contributed by atoms with Gasteiger partial charge in [-0.3, -0.25) is 16.0 Å². The molecule has 0 bridgehead atoms. The first-order valence-electron chi connectivity index (χ1n) is 5.86. The molecule has 0 saturated heterocycles. The first-order valence-corrected chi connectivity index (χ1v) is 5.86. The number of nitro benzene ring substituents is 1. The van der Waals surface area contributed by atoms with Crippen molar-refractivity contribution in [3.63, 3.8) is 0 Å². The lowest BCUT2D eigenvalue weighted by atomic mass is 10.1. The smallest absolute Gasteiger partial charge is 0.293 e. The van der Waals surface area contributed by atoms with Gasteiger partial charge in [0.05, 0.1) is 11.5 Å². The molecule has 0 fully saturated rings. The van der Waals surface area contributed by atoms with Crippen LogP contribution in [0.1, 0.15) is 25.8 Å². The van der Waals surface area contributed by atoms with Gasteiger partial charge < -0.3 is 10.2 Å². The van der Waals surface area contributed by atoms with E-state index >= 15 is 0 Å². The van der Waals surface area contributed by atoms with Crippen LogP contribution in [0, 0.1) is 16.0 Å². The molecule has 18 heavy (non-hydrogen) atoms. The molecule has 1 aromatic rings. The average molecular weight is 253 g/mol. The summed E-state index contributed by atoms with van der Waals surface area (Å²) < 4.78 is 5.49. The Labute approximate surface area is 106 Å². The zero-order chi connectivity index (χ0) is 13.5. The summed E-state index contributed by atoms with van der Waals surface area (Å²) in [5, 5.41) is 10.7. The van der Waals surface area contributed by atoms with E-state index in [1.54, 1.807) is 12.1 Å². The van der Waals surface area contributed by atoms with Crippen LogP contribution in [0.2, 0.25) is 0 Å². The van der Waals surface area contributed by atoms with Crippen LogP contribution in [0.15, 0.2) is 18.2 Å². The number of benzene rings is 1. The third-order valence-electron chi connectivity index (χ3n) is 2.52. The van der Waals surface area contributed by atoms with Crippen LogP contribution in [0.25, 0.3) is 0 Å². The molecule has 0 saturated carbocycles. The molecule has 0 aromatic heterocycles. The number of anilines is 1. The van der Waals surface area contributed by atoms with Crippen molar-refractivity contribution in [2.24, 2.45) is 11.8 Å². The number of nitrogen functional groups attached to an aromatic ring is 1. The molecule has 1 rings (SSSR count). The summed E-state index contributed by atoms with van der Waals surface area (Å²) in [5.41, 5.74) is 3.45. The van der Waals surface area contributed by atoms with Gasteiger partial charge in [0.25, 0.3) is 5.69 Å². The number of rotatable bonds is 7. The lowest BCUT2D eigenvalue weighted by molar-refractivity contribution is -0.384. The zero-order valence-corrected chi connectivity index (χ0v) is 10.7. The van der Waals surface area contributed by atoms with Gasteiger partial charge in [0, 0.05) is 12.7 Å². The number of nitrogens with zero attached hydrogens (tertiary/aromatic N) is 1. The number of nitrogens with two attached hydrogens (primary N) is 1. The van der Waals surface area contributed by atoms with Gasteiger partial charge >= 0.3 is 0 Å². The first-order chi connectivity index (χ1) is 8.54. The Morgan fingerprint density at radius 1 is 1.50 bits per heavy atom. The molecule has 100 valence electrons. The molecule has 0 spiro atoms. The van der Waals surface area contributed by atoms with E-state index in [9.17, 15) is 10.1 Å². The molecule has 0 aliphatic carbocycles. The van der Waals surface area contributed by atoms with Crippen molar-refractivity contribution in [1.29, 1.82) is 0 Å². The minimum Gasteiger partial charge on any atom is -0.377 e. The number of nitrogens with one attached hydrogen (secondary N) is 1. The van der Waals surface area contributed by atoms with Crippen LogP contribution < -0.4 is 11.3 Å². The van der Waals surface area contributed by atoms with Crippen molar-refractivity contribution in [3.05, 3.63) is 33.9 Å². The van der Waals surface area contributed by atoms with Gasteiger partial charge in [0.2, 0.25) is 0 Å². The summed E-state index contributed by atoms with van der Waals surface area (Å²) in [6, 6.07) is 4.73. The minimum atomic E-state index is -0.474. The van der Waals surface area contributed by atoms with Gasteiger partial charge in [-0.05, 0) is 30.0 Å². The Bertz CT molecular complexity index is 408. The van der Waals surface area contributed by atoms with Gasteiger partial charge in [0.1, 0.15) is 5.69 Å². The maximum atomic E-state index is 10.7. The van der Waals surface area contributed by atoms with Crippen LogP contribution in [0.4, 0.5) is 11.4 Å². The van der Waals surface area contributed by atoms with Crippen LogP contribution >= 0.6 is 0 Å². The van der Waals surface area contributed by atoms with Crippen LogP contribution in [-0.2, 0) is 11.3 Å². The third-order valence-corrected chi connectivity index (χ3v) is 2.52. The molecule has 0 heterocycles. The second kappa shape index (κ2) is 6.93. The van der Waals surface area contributed by atoms with E-state index in [4.69, 9.17) is 10.6 Å². The van der Waals surface area contributed by atoms with Crippen molar-refractivity contribution in [3.8, 4) is 0 Å². The largest absolute Gasteiger partial charge is 0.377 e. The van der Waals surface area contributed by atoms with Crippen molar-refractivity contribution < 1.29 is 9.66 Å². The summed E-state index contributed by atoms with van der Waals surface area (Å²) in [7, 11) is 0. The highest BCUT2D eigenvalue weighted by Crippen LogP contribution is 2.24. The monoisotopic (exact) mass is 253 g/mol. The Balaban J connectivity index is 2.60. The second-order valence-electron chi connectivity index (χ2n) is 4.49. The Morgan fingerprint density at radius 2 is 2.22 bits per heavy atom. The fraction of sp³-hybridized carbons (Fsp3) is 0.500. The topological polar surface area (TPSA) is 90.4 Å². The number of nitro groups is 1. The molecular weight excluding hydrogens is 234 g/mol. The van der Waals surface area contributed by atoms with E-state index in [2.05, 4.69) is 19.3 Å². The summed E-state index contributed by atoms with van der Waals surface area (Å²) in [6.07, 6.45) is 0.995. The van der Waals surface area contributed by atoms with Gasteiger partial charge in [-0.15, -0.1) is 0 Å². The lowest BCUT2D eigenvalue weighted by Gasteiger charge is -2.08. The highest BCUT2D eigenvalue weighted by molar-refractivity contribution is 5.61.